The van der Waals surface area contributed by atoms with Crippen molar-refractivity contribution in [3.05, 3.63) is 12.7 Å². The largest absolute Gasteiger partial charge is 0.464 e. The average molecular weight is 271 g/mol. The number of hydrogen-bond donors (Lipinski definition) is 1. The van der Waals surface area contributed by atoms with E-state index in [-0.39, 0.29) is 0 Å². The summed E-state index contributed by atoms with van der Waals surface area (Å²) < 4.78 is 9.98. The monoisotopic (exact) mass is 271 g/mol. The Morgan fingerprint density at radius 3 is 2.47 bits per heavy atom. The van der Waals surface area contributed by atoms with E-state index >= 15 is 0 Å². The number of hydrogen-bond acceptors (Lipinski definition) is 4. The molecule has 0 aromatic carbocycles. The molecule has 19 heavy (non-hydrogen) atoms. The molecule has 0 fully saturated rings. The van der Waals surface area contributed by atoms with Crippen LogP contribution in [0.1, 0.15) is 46.0 Å². The molecule has 1 N–H and O–H groups in total. The fourth-order valence-corrected chi connectivity index (χ4v) is 1.38. The zero-order chi connectivity index (χ0) is 14.5. The van der Waals surface area contributed by atoms with Gasteiger partial charge in [0.2, 0.25) is 0 Å². The van der Waals surface area contributed by atoms with E-state index in [1.807, 2.05) is 6.92 Å². The summed E-state index contributed by atoms with van der Waals surface area (Å²) >= 11 is 0. The SMILES string of the molecule is C=CCC(NC(=O)OCCC)C(=O)OCCCCC. The van der Waals surface area contributed by atoms with E-state index < -0.39 is 18.1 Å². The maximum Gasteiger partial charge on any atom is 0.407 e. The third kappa shape index (κ3) is 9.11. The first-order chi connectivity index (χ1) is 9.15. The molecule has 0 saturated carbocycles. The molecule has 0 rings (SSSR count). The summed E-state index contributed by atoms with van der Waals surface area (Å²) in [5.74, 6) is -0.440. The van der Waals surface area contributed by atoms with Crippen molar-refractivity contribution in [1.29, 1.82) is 0 Å². The van der Waals surface area contributed by atoms with Crippen LogP contribution in [0.4, 0.5) is 4.79 Å². The zero-order valence-corrected chi connectivity index (χ0v) is 11.9. The minimum atomic E-state index is -0.719. The van der Waals surface area contributed by atoms with Gasteiger partial charge in [0.25, 0.3) is 0 Å². The van der Waals surface area contributed by atoms with Crippen LogP contribution in [0.25, 0.3) is 0 Å². The fraction of sp³-hybridized carbons (Fsp3) is 0.714. The predicted octanol–water partition coefficient (Wildman–Crippen LogP) is 2.80. The van der Waals surface area contributed by atoms with Crippen LogP contribution in [0, 0.1) is 0 Å². The maximum atomic E-state index is 11.8. The van der Waals surface area contributed by atoms with Crippen molar-refractivity contribution in [3.63, 3.8) is 0 Å². The first-order valence-corrected chi connectivity index (χ1v) is 6.86. The summed E-state index contributed by atoms with van der Waals surface area (Å²) in [6.45, 7) is 8.25. The molecule has 0 spiro atoms. The zero-order valence-electron chi connectivity index (χ0n) is 11.9. The van der Waals surface area contributed by atoms with Gasteiger partial charge in [0, 0.05) is 0 Å². The summed E-state index contributed by atoms with van der Waals surface area (Å²) in [6, 6.07) is -0.719. The van der Waals surface area contributed by atoms with Crippen LogP contribution >= 0.6 is 0 Å². The van der Waals surface area contributed by atoms with Crippen LogP contribution < -0.4 is 5.32 Å². The van der Waals surface area contributed by atoms with Gasteiger partial charge in [-0.1, -0.05) is 32.8 Å². The van der Waals surface area contributed by atoms with E-state index in [9.17, 15) is 9.59 Å². The molecule has 0 aliphatic rings. The van der Waals surface area contributed by atoms with Crippen molar-refractivity contribution >= 4 is 12.1 Å². The highest BCUT2D eigenvalue weighted by Crippen LogP contribution is 2.01. The van der Waals surface area contributed by atoms with Gasteiger partial charge in [0.1, 0.15) is 6.04 Å². The van der Waals surface area contributed by atoms with E-state index in [4.69, 9.17) is 9.47 Å². The third-order valence-electron chi connectivity index (χ3n) is 2.41. The van der Waals surface area contributed by atoms with Gasteiger partial charge in [-0.05, 0) is 19.3 Å². The number of carbonyl (C=O) groups excluding carboxylic acids is 2. The minimum Gasteiger partial charge on any atom is -0.464 e. The third-order valence-corrected chi connectivity index (χ3v) is 2.41. The Morgan fingerprint density at radius 2 is 1.89 bits per heavy atom. The Kier molecular flexibility index (Phi) is 10.6. The van der Waals surface area contributed by atoms with Crippen molar-refractivity contribution in [3.8, 4) is 0 Å². The molecule has 1 atom stereocenters. The molecule has 0 heterocycles. The van der Waals surface area contributed by atoms with E-state index in [0.29, 0.717) is 19.6 Å². The Labute approximate surface area is 115 Å². The van der Waals surface area contributed by atoms with Gasteiger partial charge in [-0.15, -0.1) is 6.58 Å². The first kappa shape index (κ1) is 17.5. The lowest BCUT2D eigenvalue weighted by atomic mass is 10.2. The molecule has 0 aromatic rings. The smallest absolute Gasteiger partial charge is 0.407 e. The normalized spacial score (nSPS) is 11.5. The lowest BCUT2D eigenvalue weighted by Gasteiger charge is -2.16. The summed E-state index contributed by atoms with van der Waals surface area (Å²) in [4.78, 5) is 23.2. The van der Waals surface area contributed by atoms with Gasteiger partial charge in [-0.2, -0.15) is 0 Å². The maximum absolute atomic E-state index is 11.8. The Bertz CT molecular complexity index is 279. The highest BCUT2D eigenvalue weighted by atomic mass is 16.6. The molecule has 110 valence electrons. The average Bonchev–Trinajstić information content (AvgIpc) is 2.40. The van der Waals surface area contributed by atoms with Gasteiger partial charge in [0.05, 0.1) is 13.2 Å². The van der Waals surface area contributed by atoms with Gasteiger partial charge in [0.15, 0.2) is 0 Å². The minimum absolute atomic E-state index is 0.327. The molecule has 0 aromatic heterocycles. The quantitative estimate of drug-likeness (QED) is 0.377. The van der Waals surface area contributed by atoms with Crippen molar-refractivity contribution in [2.24, 2.45) is 0 Å². The molecule has 0 saturated heterocycles. The van der Waals surface area contributed by atoms with Crippen LogP contribution in [0.15, 0.2) is 12.7 Å². The van der Waals surface area contributed by atoms with Crippen LogP contribution in [0.2, 0.25) is 0 Å². The van der Waals surface area contributed by atoms with Crippen LogP contribution in [0.3, 0.4) is 0 Å². The van der Waals surface area contributed by atoms with Gasteiger partial charge < -0.3 is 14.8 Å². The number of amides is 1. The number of nitrogens with one attached hydrogen (secondary N) is 1. The van der Waals surface area contributed by atoms with Gasteiger partial charge >= 0.3 is 12.1 Å². The second-order valence-corrected chi connectivity index (χ2v) is 4.23. The standard InChI is InChI=1S/C14H25NO4/c1-4-7-8-11-18-13(16)12(9-5-2)15-14(17)19-10-6-3/h5,12H,2,4,6-11H2,1,3H3,(H,15,17). The van der Waals surface area contributed by atoms with Crippen LogP contribution in [-0.2, 0) is 14.3 Å². The van der Waals surface area contributed by atoms with E-state index in [1.165, 1.54) is 0 Å². The molecule has 0 radical (unpaired) electrons. The molecule has 5 nitrogen and oxygen atoms in total. The lowest BCUT2D eigenvalue weighted by molar-refractivity contribution is -0.146. The Hall–Kier alpha value is -1.52. The number of alkyl carbamates (subject to hydrolysis) is 1. The van der Waals surface area contributed by atoms with E-state index in [1.54, 1.807) is 6.08 Å². The molecule has 0 bridgehead atoms. The summed E-state index contributed by atoms with van der Waals surface area (Å²) in [5.41, 5.74) is 0. The number of unbranched alkanes of at least 4 members (excludes halogenated alkanes) is 2. The lowest BCUT2D eigenvalue weighted by Crippen LogP contribution is -2.42. The molecule has 1 unspecified atom stereocenters. The summed E-state index contributed by atoms with van der Waals surface area (Å²) in [7, 11) is 0. The van der Waals surface area contributed by atoms with Gasteiger partial charge in [-0.25, -0.2) is 9.59 Å². The second-order valence-electron chi connectivity index (χ2n) is 4.23. The van der Waals surface area contributed by atoms with E-state index in [2.05, 4.69) is 18.8 Å². The Balaban J connectivity index is 4.10. The number of rotatable bonds is 10. The molecule has 0 aliphatic heterocycles. The highest BCUT2D eigenvalue weighted by molar-refractivity contribution is 5.81. The van der Waals surface area contributed by atoms with Crippen molar-refractivity contribution in [2.45, 2.75) is 52.0 Å². The highest BCUT2D eigenvalue weighted by Gasteiger charge is 2.21. The first-order valence-electron chi connectivity index (χ1n) is 6.86. The molecule has 0 aliphatic carbocycles. The molecular formula is C14H25NO4. The number of ether oxygens (including phenoxy) is 2. The summed E-state index contributed by atoms with van der Waals surface area (Å²) in [5, 5.41) is 2.49. The topological polar surface area (TPSA) is 64.6 Å². The van der Waals surface area contributed by atoms with Crippen molar-refractivity contribution in [2.75, 3.05) is 13.2 Å². The Morgan fingerprint density at radius 1 is 1.16 bits per heavy atom. The van der Waals surface area contributed by atoms with Crippen LogP contribution in [-0.4, -0.2) is 31.3 Å². The fourth-order valence-electron chi connectivity index (χ4n) is 1.38. The van der Waals surface area contributed by atoms with Crippen LogP contribution in [0.5, 0.6) is 0 Å². The van der Waals surface area contributed by atoms with Crippen molar-refractivity contribution < 1.29 is 19.1 Å². The summed E-state index contributed by atoms with van der Waals surface area (Å²) in [6.07, 6.45) is 4.95. The van der Waals surface area contributed by atoms with Gasteiger partial charge in [-0.3, -0.25) is 0 Å². The number of carbonyl (C=O) groups is 2. The predicted molar refractivity (Wildman–Crippen MR) is 73.9 cm³/mol. The molecule has 1 amide bonds. The molecular weight excluding hydrogens is 246 g/mol. The molecule has 5 heteroatoms. The second kappa shape index (κ2) is 11.6. The van der Waals surface area contributed by atoms with Crippen molar-refractivity contribution in [1.82, 2.24) is 5.32 Å². The van der Waals surface area contributed by atoms with E-state index in [0.717, 1.165) is 25.7 Å². The number of esters is 1.